The Morgan fingerprint density at radius 2 is 2.24 bits per heavy atom. The van der Waals surface area contributed by atoms with Crippen molar-refractivity contribution in [2.45, 2.75) is 13.5 Å². The Balaban J connectivity index is 2.20. The molecule has 0 spiro atoms. The van der Waals surface area contributed by atoms with Crippen LogP contribution in [-0.4, -0.2) is 32.8 Å². The monoisotopic (exact) mass is 232 g/mol. The molecule has 0 radical (unpaired) electrons. The molecule has 0 fully saturated rings. The van der Waals surface area contributed by atoms with Gasteiger partial charge in [0.2, 0.25) is 5.95 Å². The molecule has 0 aromatic carbocycles. The van der Waals surface area contributed by atoms with Crippen molar-refractivity contribution in [3.63, 3.8) is 0 Å². The molecule has 0 aliphatic carbocycles. The van der Waals surface area contributed by atoms with Crippen LogP contribution in [0.1, 0.15) is 6.92 Å². The number of anilines is 1. The minimum atomic E-state index is 0.554. The molecule has 6 heteroatoms. The molecular formula is C11H16N6. The summed E-state index contributed by atoms with van der Waals surface area (Å²) >= 11 is 0. The molecular weight excluding hydrogens is 216 g/mol. The van der Waals surface area contributed by atoms with Gasteiger partial charge in [0.25, 0.3) is 0 Å². The normalized spacial score (nSPS) is 10.5. The zero-order valence-electron chi connectivity index (χ0n) is 9.80. The summed E-state index contributed by atoms with van der Waals surface area (Å²) in [6, 6.07) is 3.79. The fourth-order valence-corrected chi connectivity index (χ4v) is 1.44. The number of hydrogen-bond donors (Lipinski definition) is 2. The second-order valence-corrected chi connectivity index (χ2v) is 3.54. The molecule has 0 atom stereocenters. The van der Waals surface area contributed by atoms with Crippen molar-refractivity contribution in [3.8, 4) is 11.4 Å². The molecule has 0 unspecified atom stereocenters. The third-order valence-electron chi connectivity index (χ3n) is 2.31. The molecule has 0 aliphatic heterocycles. The Bertz CT molecular complexity index is 478. The number of rotatable bonds is 5. The summed E-state index contributed by atoms with van der Waals surface area (Å²) in [5, 5.41) is 7.44. The van der Waals surface area contributed by atoms with Crippen LogP contribution in [0.25, 0.3) is 11.4 Å². The summed E-state index contributed by atoms with van der Waals surface area (Å²) in [4.78, 5) is 8.49. The number of aryl methyl sites for hydroxylation is 1. The lowest BCUT2D eigenvalue weighted by Gasteiger charge is -2.03. The van der Waals surface area contributed by atoms with Crippen molar-refractivity contribution in [1.82, 2.24) is 19.7 Å². The number of nitrogens with one attached hydrogen (secondary N) is 1. The zero-order valence-corrected chi connectivity index (χ0v) is 9.80. The van der Waals surface area contributed by atoms with Gasteiger partial charge in [0.05, 0.1) is 5.69 Å². The molecule has 6 nitrogen and oxygen atoms in total. The summed E-state index contributed by atoms with van der Waals surface area (Å²) in [5.74, 6) is 0.582. The van der Waals surface area contributed by atoms with Crippen LogP contribution < -0.4 is 11.1 Å². The summed E-state index contributed by atoms with van der Waals surface area (Å²) < 4.78 is 1.87. The topological polar surface area (TPSA) is 81.7 Å². The van der Waals surface area contributed by atoms with Gasteiger partial charge < -0.3 is 11.1 Å². The van der Waals surface area contributed by atoms with E-state index in [4.69, 9.17) is 5.73 Å². The second-order valence-electron chi connectivity index (χ2n) is 3.54. The highest BCUT2D eigenvalue weighted by atomic mass is 15.3. The van der Waals surface area contributed by atoms with Gasteiger partial charge in [0.15, 0.2) is 0 Å². The van der Waals surface area contributed by atoms with Gasteiger partial charge >= 0.3 is 0 Å². The lowest BCUT2D eigenvalue weighted by molar-refractivity contribution is 0.661. The zero-order chi connectivity index (χ0) is 12.1. The van der Waals surface area contributed by atoms with Crippen LogP contribution in [0.15, 0.2) is 24.5 Å². The first-order valence-electron chi connectivity index (χ1n) is 5.64. The Hall–Kier alpha value is -1.95. The maximum absolute atomic E-state index is 5.41. The highest BCUT2D eigenvalue weighted by molar-refractivity contribution is 5.54. The average Bonchev–Trinajstić information content (AvgIpc) is 2.85. The fraction of sp³-hybridized carbons (Fsp3) is 0.364. The minimum absolute atomic E-state index is 0.554. The molecule has 2 aromatic rings. The molecule has 3 N–H and O–H groups in total. The average molecular weight is 232 g/mol. The molecule has 0 saturated heterocycles. The van der Waals surface area contributed by atoms with Crippen molar-refractivity contribution in [1.29, 1.82) is 0 Å². The molecule has 2 heterocycles. The van der Waals surface area contributed by atoms with Gasteiger partial charge in [-0.05, 0) is 19.1 Å². The Kier molecular flexibility index (Phi) is 3.66. The number of nitrogens with two attached hydrogens (primary N) is 1. The quantitative estimate of drug-likeness (QED) is 0.794. The van der Waals surface area contributed by atoms with Crippen LogP contribution >= 0.6 is 0 Å². The van der Waals surface area contributed by atoms with Crippen LogP contribution in [0, 0.1) is 0 Å². The van der Waals surface area contributed by atoms with E-state index in [1.54, 1.807) is 6.20 Å². The lowest BCUT2D eigenvalue weighted by atomic mass is 10.3. The van der Waals surface area contributed by atoms with E-state index < -0.39 is 0 Å². The van der Waals surface area contributed by atoms with Gasteiger partial charge in [-0.25, -0.2) is 9.97 Å². The molecule has 0 bridgehead atoms. The molecule has 0 amide bonds. The smallest absolute Gasteiger partial charge is 0.223 e. The van der Waals surface area contributed by atoms with Gasteiger partial charge in [-0.2, -0.15) is 5.10 Å². The van der Waals surface area contributed by atoms with Crippen LogP contribution in [-0.2, 0) is 6.54 Å². The van der Waals surface area contributed by atoms with E-state index in [0.29, 0.717) is 19.0 Å². The summed E-state index contributed by atoms with van der Waals surface area (Å²) in [5.41, 5.74) is 7.08. The highest BCUT2D eigenvalue weighted by Crippen LogP contribution is 2.14. The van der Waals surface area contributed by atoms with Crippen molar-refractivity contribution in [2.75, 3.05) is 18.4 Å². The van der Waals surface area contributed by atoms with E-state index in [1.165, 1.54) is 0 Å². The SMILES string of the molecule is CCn1ccc(-c2ccnc(NCCN)n2)n1. The Labute approximate surface area is 99.9 Å². The maximum Gasteiger partial charge on any atom is 0.223 e. The van der Waals surface area contributed by atoms with E-state index in [-0.39, 0.29) is 0 Å². The van der Waals surface area contributed by atoms with E-state index in [2.05, 4.69) is 20.4 Å². The summed E-state index contributed by atoms with van der Waals surface area (Å²) in [6.07, 6.45) is 3.65. The van der Waals surface area contributed by atoms with E-state index in [1.807, 2.05) is 29.9 Å². The molecule has 2 aromatic heterocycles. The van der Waals surface area contributed by atoms with Crippen molar-refractivity contribution in [3.05, 3.63) is 24.5 Å². The standard InChI is InChI=1S/C11H16N6/c1-2-17-8-4-10(16-17)9-3-6-13-11(15-9)14-7-5-12/h3-4,6,8H,2,5,7,12H2,1H3,(H,13,14,15). The van der Waals surface area contributed by atoms with Crippen LogP contribution in [0.2, 0.25) is 0 Å². The van der Waals surface area contributed by atoms with Gasteiger partial charge in [-0.1, -0.05) is 0 Å². The first-order valence-corrected chi connectivity index (χ1v) is 5.64. The van der Waals surface area contributed by atoms with Crippen molar-refractivity contribution < 1.29 is 0 Å². The highest BCUT2D eigenvalue weighted by Gasteiger charge is 2.04. The van der Waals surface area contributed by atoms with Gasteiger partial charge in [0.1, 0.15) is 5.69 Å². The first-order chi connectivity index (χ1) is 8.33. The molecule has 17 heavy (non-hydrogen) atoms. The summed E-state index contributed by atoms with van der Waals surface area (Å²) in [6.45, 7) is 4.11. The predicted molar refractivity (Wildman–Crippen MR) is 66.5 cm³/mol. The van der Waals surface area contributed by atoms with Crippen LogP contribution in [0.3, 0.4) is 0 Å². The van der Waals surface area contributed by atoms with E-state index in [0.717, 1.165) is 17.9 Å². The van der Waals surface area contributed by atoms with Crippen LogP contribution in [0.4, 0.5) is 5.95 Å². The molecule has 2 rings (SSSR count). The third-order valence-corrected chi connectivity index (χ3v) is 2.31. The maximum atomic E-state index is 5.41. The first kappa shape index (κ1) is 11.5. The summed E-state index contributed by atoms with van der Waals surface area (Å²) in [7, 11) is 0. The third kappa shape index (κ3) is 2.79. The van der Waals surface area contributed by atoms with Crippen molar-refractivity contribution in [2.24, 2.45) is 5.73 Å². The van der Waals surface area contributed by atoms with Gasteiger partial charge in [-0.3, -0.25) is 4.68 Å². The molecule has 0 saturated carbocycles. The minimum Gasteiger partial charge on any atom is -0.353 e. The van der Waals surface area contributed by atoms with Crippen LogP contribution in [0.5, 0.6) is 0 Å². The Morgan fingerprint density at radius 3 is 2.94 bits per heavy atom. The number of aromatic nitrogens is 4. The van der Waals surface area contributed by atoms with Gasteiger partial charge in [-0.15, -0.1) is 0 Å². The van der Waals surface area contributed by atoms with Gasteiger partial charge in [0, 0.05) is 32.0 Å². The van der Waals surface area contributed by atoms with Crippen molar-refractivity contribution >= 4 is 5.95 Å². The van der Waals surface area contributed by atoms with E-state index >= 15 is 0 Å². The largest absolute Gasteiger partial charge is 0.353 e. The second kappa shape index (κ2) is 5.40. The fourth-order valence-electron chi connectivity index (χ4n) is 1.44. The lowest BCUT2D eigenvalue weighted by Crippen LogP contribution is -2.14. The Morgan fingerprint density at radius 1 is 1.35 bits per heavy atom. The molecule has 90 valence electrons. The molecule has 0 aliphatic rings. The number of nitrogens with zero attached hydrogens (tertiary/aromatic N) is 4. The van der Waals surface area contributed by atoms with E-state index in [9.17, 15) is 0 Å². The predicted octanol–water partition coefficient (Wildman–Crippen LogP) is 0.731. The number of hydrogen-bond acceptors (Lipinski definition) is 5.